The number of para-hydroxylation sites is 1. The Labute approximate surface area is 228 Å². The number of imide groups is 2. The number of nitro groups is 1. The van der Waals surface area contributed by atoms with Gasteiger partial charge in [0.1, 0.15) is 5.57 Å². The number of nitro benzene ring substituents is 1. The van der Waals surface area contributed by atoms with Crippen LogP contribution in [-0.4, -0.2) is 41.9 Å². The maximum Gasteiger partial charge on any atom is 0.335 e. The molecule has 0 spiro atoms. The van der Waals surface area contributed by atoms with Gasteiger partial charge in [0, 0.05) is 17.8 Å². The minimum Gasteiger partial charge on any atom is -0.490 e. The smallest absolute Gasteiger partial charge is 0.335 e. The molecule has 3 aromatic carbocycles. The molecular weight excluding hydrogens is 520 g/mol. The Morgan fingerprint density at radius 2 is 1.75 bits per heavy atom. The number of nitrogens with zero attached hydrogens (tertiary/aromatic N) is 2. The number of aryl methyl sites for hydroxylation is 1. The molecule has 1 aliphatic heterocycles. The summed E-state index contributed by atoms with van der Waals surface area (Å²) in [5, 5.41) is 15.8. The second-order valence-electron chi connectivity index (χ2n) is 8.52. The Balaban J connectivity index is 1.54. The molecule has 0 radical (unpaired) electrons. The first-order valence-electron chi connectivity index (χ1n) is 12.1. The Morgan fingerprint density at radius 3 is 2.42 bits per heavy atom. The van der Waals surface area contributed by atoms with Crippen molar-refractivity contribution in [1.82, 2.24) is 5.32 Å². The van der Waals surface area contributed by atoms with Gasteiger partial charge in [-0.25, -0.2) is 9.69 Å². The van der Waals surface area contributed by atoms with Crippen molar-refractivity contribution in [2.75, 3.05) is 23.4 Å². The van der Waals surface area contributed by atoms with Gasteiger partial charge in [0.05, 0.1) is 17.2 Å². The van der Waals surface area contributed by atoms with Gasteiger partial charge < -0.3 is 14.8 Å². The number of urea groups is 1. The molecule has 4 rings (SSSR count). The van der Waals surface area contributed by atoms with Crippen LogP contribution in [0.2, 0.25) is 0 Å². The molecule has 3 aromatic rings. The average Bonchev–Trinajstić information content (AvgIpc) is 2.92. The fraction of sp³-hybridized carbons (Fsp3) is 0.143. The number of nitrogens with one attached hydrogen (secondary N) is 2. The van der Waals surface area contributed by atoms with Crippen molar-refractivity contribution in [3.8, 4) is 11.5 Å². The third-order valence-electron chi connectivity index (χ3n) is 5.78. The lowest BCUT2D eigenvalue weighted by atomic mass is 10.1. The highest BCUT2D eigenvalue weighted by Gasteiger charge is 2.37. The SMILES string of the molecule is CCOc1cc(/C=C2/C(=O)NC(=O)N(c3ccc([N+](=O)[O-])cc3)C2=O)ccc1OCC(=O)Nc1ccccc1C. The van der Waals surface area contributed by atoms with Gasteiger partial charge in [-0.05, 0) is 61.4 Å². The summed E-state index contributed by atoms with van der Waals surface area (Å²) in [4.78, 5) is 61.5. The van der Waals surface area contributed by atoms with Crippen LogP contribution in [0.5, 0.6) is 11.5 Å². The van der Waals surface area contributed by atoms with Crippen LogP contribution in [0, 0.1) is 17.0 Å². The number of barbiturate groups is 1. The molecule has 5 amide bonds. The van der Waals surface area contributed by atoms with Gasteiger partial charge in [0.2, 0.25) is 0 Å². The Hall–Kier alpha value is -5.52. The van der Waals surface area contributed by atoms with Gasteiger partial charge >= 0.3 is 6.03 Å². The van der Waals surface area contributed by atoms with Gasteiger partial charge in [-0.2, -0.15) is 0 Å². The van der Waals surface area contributed by atoms with Crippen molar-refractivity contribution in [2.24, 2.45) is 0 Å². The quantitative estimate of drug-likeness (QED) is 0.177. The number of hydrogen-bond donors (Lipinski definition) is 2. The molecule has 40 heavy (non-hydrogen) atoms. The van der Waals surface area contributed by atoms with Crippen LogP contribution < -0.4 is 25.0 Å². The Bertz CT molecular complexity index is 1530. The van der Waals surface area contributed by atoms with E-state index in [4.69, 9.17) is 9.47 Å². The molecule has 1 heterocycles. The van der Waals surface area contributed by atoms with Crippen LogP contribution in [0.25, 0.3) is 6.08 Å². The van der Waals surface area contributed by atoms with Gasteiger partial charge in [-0.3, -0.25) is 29.8 Å². The summed E-state index contributed by atoms with van der Waals surface area (Å²) in [6.45, 7) is 3.61. The number of amides is 5. The van der Waals surface area contributed by atoms with Gasteiger partial charge in [0.25, 0.3) is 23.4 Å². The zero-order valence-corrected chi connectivity index (χ0v) is 21.5. The first kappa shape index (κ1) is 27.5. The zero-order chi connectivity index (χ0) is 28.8. The number of non-ortho nitro benzene ring substituents is 1. The number of carbonyl (C=O) groups excluding carboxylic acids is 4. The minimum atomic E-state index is -0.983. The first-order valence-corrected chi connectivity index (χ1v) is 12.1. The highest BCUT2D eigenvalue weighted by Crippen LogP contribution is 2.31. The minimum absolute atomic E-state index is 0.0502. The predicted octanol–water partition coefficient (Wildman–Crippen LogP) is 3.99. The summed E-state index contributed by atoms with van der Waals surface area (Å²) in [7, 11) is 0. The van der Waals surface area contributed by atoms with E-state index in [1.165, 1.54) is 30.3 Å². The summed E-state index contributed by atoms with van der Waals surface area (Å²) in [5.41, 5.74) is 1.44. The van der Waals surface area contributed by atoms with Crippen molar-refractivity contribution in [1.29, 1.82) is 0 Å². The molecule has 12 nitrogen and oxygen atoms in total. The van der Waals surface area contributed by atoms with E-state index in [2.05, 4.69) is 10.6 Å². The Kier molecular flexibility index (Phi) is 8.19. The number of benzene rings is 3. The normalized spacial score (nSPS) is 14.1. The molecule has 1 aliphatic rings. The molecule has 204 valence electrons. The average molecular weight is 545 g/mol. The van der Waals surface area contributed by atoms with E-state index in [1.807, 2.05) is 25.1 Å². The van der Waals surface area contributed by atoms with Crippen molar-refractivity contribution in [3.63, 3.8) is 0 Å². The van der Waals surface area contributed by atoms with Crippen molar-refractivity contribution in [3.05, 3.63) is 93.5 Å². The molecule has 0 aromatic heterocycles. The molecule has 1 fully saturated rings. The van der Waals surface area contributed by atoms with Gasteiger partial charge in [0.15, 0.2) is 18.1 Å². The first-order chi connectivity index (χ1) is 19.2. The third kappa shape index (κ3) is 6.13. The van der Waals surface area contributed by atoms with Gasteiger partial charge in [-0.1, -0.05) is 24.3 Å². The number of ether oxygens (including phenoxy) is 2. The number of rotatable bonds is 9. The topological polar surface area (TPSA) is 157 Å². The predicted molar refractivity (Wildman–Crippen MR) is 145 cm³/mol. The van der Waals surface area contributed by atoms with Crippen LogP contribution in [0.3, 0.4) is 0 Å². The molecule has 1 saturated heterocycles. The number of anilines is 2. The van der Waals surface area contributed by atoms with Crippen molar-refractivity contribution >= 4 is 46.9 Å². The fourth-order valence-electron chi connectivity index (χ4n) is 3.83. The van der Waals surface area contributed by atoms with E-state index >= 15 is 0 Å². The lowest BCUT2D eigenvalue weighted by Crippen LogP contribution is -2.54. The van der Waals surface area contributed by atoms with Crippen molar-refractivity contribution in [2.45, 2.75) is 13.8 Å². The summed E-state index contributed by atoms with van der Waals surface area (Å²) in [5.74, 6) is -1.64. The summed E-state index contributed by atoms with van der Waals surface area (Å²) in [6, 6.07) is 15.7. The van der Waals surface area contributed by atoms with Crippen LogP contribution in [0.15, 0.2) is 72.3 Å². The van der Waals surface area contributed by atoms with E-state index in [0.717, 1.165) is 17.7 Å². The monoisotopic (exact) mass is 544 g/mol. The van der Waals surface area contributed by atoms with E-state index in [-0.39, 0.29) is 47.6 Å². The molecule has 12 heteroatoms. The lowest BCUT2D eigenvalue weighted by Gasteiger charge is -2.26. The van der Waals surface area contributed by atoms with Crippen LogP contribution in [0.1, 0.15) is 18.1 Å². The van der Waals surface area contributed by atoms with E-state index < -0.39 is 22.8 Å². The van der Waals surface area contributed by atoms with Crippen LogP contribution in [0.4, 0.5) is 21.9 Å². The highest BCUT2D eigenvalue weighted by atomic mass is 16.6. The molecule has 0 atom stereocenters. The molecule has 0 aliphatic carbocycles. The summed E-state index contributed by atoms with van der Waals surface area (Å²) >= 11 is 0. The molecule has 0 bridgehead atoms. The second kappa shape index (κ2) is 11.9. The standard InChI is InChI=1S/C28H24N4O8/c1-3-39-24-15-18(8-13-23(24)40-16-25(33)29-22-7-5-4-6-17(22)2)14-21-26(34)30-28(36)31(27(21)35)19-9-11-20(12-10-19)32(37)38/h4-15H,3,16H2,1-2H3,(H,29,33)(H,30,34,36)/b21-14-. The molecule has 0 unspecified atom stereocenters. The van der Waals surface area contributed by atoms with Crippen LogP contribution >= 0.6 is 0 Å². The maximum atomic E-state index is 13.1. The number of hydrogen-bond acceptors (Lipinski definition) is 8. The third-order valence-corrected chi connectivity index (χ3v) is 5.78. The summed E-state index contributed by atoms with van der Waals surface area (Å²) < 4.78 is 11.3. The molecular formula is C28H24N4O8. The summed E-state index contributed by atoms with van der Waals surface area (Å²) in [6.07, 6.45) is 1.28. The van der Waals surface area contributed by atoms with E-state index in [0.29, 0.717) is 16.2 Å². The maximum absolute atomic E-state index is 13.1. The zero-order valence-electron chi connectivity index (χ0n) is 21.5. The fourth-order valence-corrected chi connectivity index (χ4v) is 3.83. The molecule has 0 saturated carbocycles. The van der Waals surface area contributed by atoms with Crippen molar-refractivity contribution < 1.29 is 33.6 Å². The lowest BCUT2D eigenvalue weighted by molar-refractivity contribution is -0.384. The highest BCUT2D eigenvalue weighted by molar-refractivity contribution is 6.39. The molecule has 2 N–H and O–H groups in total. The van der Waals surface area contributed by atoms with Crippen LogP contribution in [-0.2, 0) is 14.4 Å². The Morgan fingerprint density at radius 1 is 1.02 bits per heavy atom. The number of carbonyl (C=O) groups is 4. The second-order valence-corrected chi connectivity index (χ2v) is 8.52. The van der Waals surface area contributed by atoms with E-state index in [9.17, 15) is 29.3 Å². The largest absolute Gasteiger partial charge is 0.490 e. The van der Waals surface area contributed by atoms with Gasteiger partial charge in [-0.15, -0.1) is 0 Å². The van der Waals surface area contributed by atoms with E-state index in [1.54, 1.807) is 19.1 Å².